The Balaban J connectivity index is 1.98. The molecule has 2 rings (SSSR count). The minimum absolute atomic E-state index is 0.0819. The maximum absolute atomic E-state index is 11.8. The summed E-state index contributed by atoms with van der Waals surface area (Å²) in [7, 11) is 0. The lowest BCUT2D eigenvalue weighted by Gasteiger charge is -2.48. The summed E-state index contributed by atoms with van der Waals surface area (Å²) in [5, 5.41) is 11.7. The van der Waals surface area contributed by atoms with E-state index in [1.807, 2.05) is 13.8 Å². The molecule has 0 spiro atoms. The highest BCUT2D eigenvalue weighted by Gasteiger charge is 2.46. The van der Waals surface area contributed by atoms with E-state index in [1.165, 1.54) is 11.3 Å². The second-order valence-corrected chi connectivity index (χ2v) is 5.01. The predicted molar refractivity (Wildman–Crippen MR) is 57.8 cm³/mol. The van der Waals surface area contributed by atoms with Gasteiger partial charge in [0.25, 0.3) is 5.91 Å². The Morgan fingerprint density at radius 3 is 2.80 bits per heavy atom. The molecule has 1 N–H and O–H groups in total. The van der Waals surface area contributed by atoms with E-state index in [-0.39, 0.29) is 11.8 Å². The van der Waals surface area contributed by atoms with Crippen molar-refractivity contribution < 1.29 is 9.90 Å². The second kappa shape index (κ2) is 3.57. The van der Waals surface area contributed by atoms with Crippen LogP contribution in [0.3, 0.4) is 0 Å². The number of amides is 1. The van der Waals surface area contributed by atoms with E-state index in [0.29, 0.717) is 18.8 Å². The minimum Gasteiger partial charge on any atom is -0.386 e. The second-order valence-electron chi connectivity index (χ2n) is 4.29. The monoisotopic (exact) mass is 226 g/mol. The van der Waals surface area contributed by atoms with Crippen molar-refractivity contribution in [3.63, 3.8) is 0 Å². The van der Waals surface area contributed by atoms with E-state index in [0.717, 1.165) is 0 Å². The molecule has 0 atom stereocenters. The standard InChI is InChI=1S/C10H14N2O2S/c1-7(2)10(14)4-12(5-10)9(13)8-3-15-6-11-8/h3,6-7,14H,4-5H2,1-2H3. The fraction of sp³-hybridized carbons (Fsp3) is 0.600. The number of carbonyl (C=O) groups is 1. The first kappa shape index (κ1) is 10.6. The molecular weight excluding hydrogens is 212 g/mol. The molecule has 1 saturated heterocycles. The first-order chi connectivity index (χ1) is 7.03. The summed E-state index contributed by atoms with van der Waals surface area (Å²) >= 11 is 1.40. The highest BCUT2D eigenvalue weighted by molar-refractivity contribution is 7.07. The molecule has 0 radical (unpaired) electrons. The molecule has 0 unspecified atom stereocenters. The maximum atomic E-state index is 11.8. The lowest BCUT2D eigenvalue weighted by atomic mass is 9.83. The summed E-state index contributed by atoms with van der Waals surface area (Å²) in [6.45, 7) is 4.76. The Morgan fingerprint density at radius 2 is 2.33 bits per heavy atom. The van der Waals surface area contributed by atoms with Crippen LogP contribution in [0, 0.1) is 5.92 Å². The quantitative estimate of drug-likeness (QED) is 0.818. The topological polar surface area (TPSA) is 53.4 Å². The third kappa shape index (κ3) is 1.77. The Morgan fingerprint density at radius 1 is 1.67 bits per heavy atom. The lowest BCUT2D eigenvalue weighted by molar-refractivity contribution is -0.111. The SMILES string of the molecule is CC(C)C1(O)CN(C(=O)c2cscn2)C1. The number of aromatic nitrogens is 1. The Labute approximate surface area is 92.6 Å². The fourth-order valence-electron chi connectivity index (χ4n) is 1.60. The zero-order valence-electron chi connectivity index (χ0n) is 8.80. The summed E-state index contributed by atoms with van der Waals surface area (Å²) in [5.74, 6) is 0.0959. The zero-order chi connectivity index (χ0) is 11.1. The van der Waals surface area contributed by atoms with Crippen LogP contribution in [0.15, 0.2) is 10.9 Å². The number of thiazole rings is 1. The number of β-amino-alcohol motifs (C(OH)–C–C–N with tert-alkyl or cyclic N) is 1. The number of hydrogen-bond acceptors (Lipinski definition) is 4. The van der Waals surface area contributed by atoms with Crippen LogP contribution in [-0.4, -0.2) is 39.6 Å². The average Bonchev–Trinajstić information content (AvgIpc) is 2.64. The van der Waals surface area contributed by atoms with E-state index in [2.05, 4.69) is 4.98 Å². The summed E-state index contributed by atoms with van der Waals surface area (Å²) < 4.78 is 0. The molecule has 5 heteroatoms. The van der Waals surface area contributed by atoms with E-state index in [1.54, 1.807) is 15.8 Å². The van der Waals surface area contributed by atoms with Gasteiger partial charge < -0.3 is 10.0 Å². The molecule has 2 heterocycles. The molecular formula is C10H14N2O2S. The van der Waals surface area contributed by atoms with Crippen molar-refractivity contribution in [3.05, 3.63) is 16.6 Å². The molecule has 15 heavy (non-hydrogen) atoms. The number of nitrogens with zero attached hydrogens (tertiary/aromatic N) is 2. The number of rotatable bonds is 2. The van der Waals surface area contributed by atoms with Crippen LogP contribution in [0.4, 0.5) is 0 Å². The largest absolute Gasteiger partial charge is 0.386 e. The Kier molecular flexibility index (Phi) is 2.52. The number of aliphatic hydroxyl groups is 1. The average molecular weight is 226 g/mol. The summed E-state index contributed by atoms with van der Waals surface area (Å²) in [6.07, 6.45) is 0. The van der Waals surface area contributed by atoms with Crippen molar-refractivity contribution in [1.29, 1.82) is 0 Å². The Hall–Kier alpha value is -0.940. The molecule has 1 aromatic heterocycles. The van der Waals surface area contributed by atoms with E-state index in [9.17, 15) is 9.90 Å². The van der Waals surface area contributed by atoms with Crippen LogP contribution < -0.4 is 0 Å². The van der Waals surface area contributed by atoms with Gasteiger partial charge in [0.15, 0.2) is 0 Å². The van der Waals surface area contributed by atoms with Gasteiger partial charge in [-0.25, -0.2) is 4.98 Å². The highest BCUT2D eigenvalue weighted by atomic mass is 32.1. The fourth-order valence-corrected chi connectivity index (χ4v) is 2.13. The van der Waals surface area contributed by atoms with Gasteiger partial charge >= 0.3 is 0 Å². The highest BCUT2D eigenvalue weighted by Crippen LogP contribution is 2.29. The van der Waals surface area contributed by atoms with Gasteiger partial charge in [0.2, 0.25) is 0 Å². The summed E-state index contributed by atoms with van der Waals surface area (Å²) in [5.41, 5.74) is 1.42. The van der Waals surface area contributed by atoms with Gasteiger partial charge in [-0.05, 0) is 5.92 Å². The van der Waals surface area contributed by atoms with Gasteiger partial charge in [0, 0.05) is 5.38 Å². The van der Waals surface area contributed by atoms with Crippen molar-refractivity contribution in [2.75, 3.05) is 13.1 Å². The maximum Gasteiger partial charge on any atom is 0.273 e. The third-order valence-corrected chi connectivity index (χ3v) is 3.53. The molecule has 0 aromatic carbocycles. The van der Waals surface area contributed by atoms with Gasteiger partial charge in [-0.15, -0.1) is 11.3 Å². The molecule has 1 fully saturated rings. The molecule has 4 nitrogen and oxygen atoms in total. The molecule has 1 aromatic rings. The van der Waals surface area contributed by atoms with Gasteiger partial charge in [0.05, 0.1) is 18.6 Å². The van der Waals surface area contributed by atoms with Gasteiger partial charge in [-0.1, -0.05) is 13.8 Å². The molecule has 1 aliphatic rings. The van der Waals surface area contributed by atoms with Crippen LogP contribution in [0.5, 0.6) is 0 Å². The third-order valence-electron chi connectivity index (χ3n) is 2.94. The molecule has 0 saturated carbocycles. The first-order valence-corrected chi connectivity index (χ1v) is 5.87. The van der Waals surface area contributed by atoms with Crippen molar-refractivity contribution in [2.24, 2.45) is 5.92 Å². The Bertz CT molecular complexity index is 356. The number of likely N-dealkylation sites (tertiary alicyclic amines) is 1. The van der Waals surface area contributed by atoms with Crippen molar-refractivity contribution >= 4 is 17.2 Å². The molecule has 0 bridgehead atoms. The molecule has 82 valence electrons. The van der Waals surface area contributed by atoms with Gasteiger partial charge in [-0.3, -0.25) is 4.79 Å². The van der Waals surface area contributed by atoms with E-state index >= 15 is 0 Å². The molecule has 0 aliphatic carbocycles. The number of hydrogen-bond donors (Lipinski definition) is 1. The van der Waals surface area contributed by atoms with Crippen molar-refractivity contribution in [1.82, 2.24) is 9.88 Å². The van der Waals surface area contributed by atoms with Gasteiger partial charge in [0.1, 0.15) is 11.3 Å². The summed E-state index contributed by atoms with van der Waals surface area (Å²) in [6, 6.07) is 0. The van der Waals surface area contributed by atoms with Crippen LogP contribution >= 0.6 is 11.3 Å². The van der Waals surface area contributed by atoms with Crippen LogP contribution in [0.25, 0.3) is 0 Å². The van der Waals surface area contributed by atoms with Crippen LogP contribution in [0.1, 0.15) is 24.3 Å². The van der Waals surface area contributed by atoms with E-state index in [4.69, 9.17) is 0 Å². The molecule has 1 amide bonds. The minimum atomic E-state index is -0.703. The number of carbonyl (C=O) groups excluding carboxylic acids is 1. The first-order valence-electron chi connectivity index (χ1n) is 4.93. The lowest BCUT2D eigenvalue weighted by Crippen LogP contribution is -2.66. The molecule has 1 aliphatic heterocycles. The predicted octanol–water partition coefficient (Wildman–Crippen LogP) is 0.986. The summed E-state index contributed by atoms with van der Waals surface area (Å²) in [4.78, 5) is 17.3. The smallest absolute Gasteiger partial charge is 0.273 e. The van der Waals surface area contributed by atoms with Gasteiger partial charge in [-0.2, -0.15) is 0 Å². The van der Waals surface area contributed by atoms with E-state index < -0.39 is 5.60 Å². The zero-order valence-corrected chi connectivity index (χ0v) is 9.62. The van der Waals surface area contributed by atoms with Crippen molar-refractivity contribution in [3.8, 4) is 0 Å². The normalized spacial score (nSPS) is 19.1. The van der Waals surface area contributed by atoms with Crippen LogP contribution in [-0.2, 0) is 0 Å². The van der Waals surface area contributed by atoms with Crippen molar-refractivity contribution in [2.45, 2.75) is 19.4 Å². The van der Waals surface area contributed by atoms with Crippen LogP contribution in [0.2, 0.25) is 0 Å².